The highest BCUT2D eigenvalue weighted by Crippen LogP contribution is 2.24. The van der Waals surface area contributed by atoms with E-state index in [0.717, 1.165) is 17.3 Å². The van der Waals surface area contributed by atoms with Crippen LogP contribution in [0.5, 0.6) is 11.5 Å². The summed E-state index contributed by atoms with van der Waals surface area (Å²) < 4.78 is 15.6. The van der Waals surface area contributed by atoms with Crippen LogP contribution in [-0.2, 0) is 5.75 Å². The molecule has 0 saturated heterocycles. The zero-order valence-electron chi connectivity index (χ0n) is 12.6. The van der Waals surface area contributed by atoms with Crippen LogP contribution in [0.4, 0.5) is 0 Å². The van der Waals surface area contributed by atoms with Gasteiger partial charge in [-0.3, -0.25) is 4.79 Å². The van der Waals surface area contributed by atoms with Gasteiger partial charge in [0.15, 0.2) is 0 Å². The molecule has 1 aromatic carbocycles. The van der Waals surface area contributed by atoms with Gasteiger partial charge in [0.05, 0.1) is 31.8 Å². The first-order valence-corrected chi connectivity index (χ1v) is 8.00. The first-order valence-electron chi connectivity index (χ1n) is 6.85. The van der Waals surface area contributed by atoms with E-state index >= 15 is 0 Å². The Hall–Kier alpha value is -2.08. The minimum atomic E-state index is -0.155. The van der Waals surface area contributed by atoms with E-state index in [1.807, 2.05) is 12.1 Å². The normalized spacial score (nSPS) is 10.3. The zero-order chi connectivity index (χ0) is 15.8. The molecule has 0 aliphatic rings. The Kier molecular flexibility index (Phi) is 6.21. The van der Waals surface area contributed by atoms with Crippen molar-refractivity contribution in [2.45, 2.75) is 5.75 Å². The fourth-order valence-corrected chi connectivity index (χ4v) is 2.64. The molecule has 2 rings (SSSR count). The first-order chi connectivity index (χ1) is 10.7. The summed E-state index contributed by atoms with van der Waals surface area (Å²) >= 11 is 1.70. The zero-order valence-corrected chi connectivity index (χ0v) is 13.4. The average molecular weight is 321 g/mol. The number of benzene rings is 1. The van der Waals surface area contributed by atoms with Crippen LogP contribution in [0.3, 0.4) is 0 Å². The van der Waals surface area contributed by atoms with E-state index in [1.54, 1.807) is 43.3 Å². The van der Waals surface area contributed by atoms with Crippen molar-refractivity contribution in [3.63, 3.8) is 0 Å². The van der Waals surface area contributed by atoms with E-state index < -0.39 is 0 Å². The summed E-state index contributed by atoms with van der Waals surface area (Å²) in [7, 11) is 3.11. The predicted octanol–water partition coefficient (Wildman–Crippen LogP) is 2.96. The Balaban J connectivity index is 1.79. The molecule has 1 aromatic heterocycles. The van der Waals surface area contributed by atoms with E-state index in [2.05, 4.69) is 5.32 Å². The SMILES string of the molecule is COc1ccc(C(=O)NCCSCc2ccco2)c(OC)c1. The number of thioether (sulfide) groups is 1. The van der Waals surface area contributed by atoms with Gasteiger partial charge in [0, 0.05) is 18.4 Å². The van der Waals surface area contributed by atoms with Gasteiger partial charge in [0.2, 0.25) is 0 Å². The quantitative estimate of drug-likeness (QED) is 0.758. The molecule has 5 nitrogen and oxygen atoms in total. The molecule has 6 heteroatoms. The lowest BCUT2D eigenvalue weighted by Gasteiger charge is -2.10. The summed E-state index contributed by atoms with van der Waals surface area (Å²) in [5.74, 6) is 3.55. The molecule has 0 saturated carbocycles. The van der Waals surface area contributed by atoms with Crippen molar-refractivity contribution in [1.82, 2.24) is 5.32 Å². The smallest absolute Gasteiger partial charge is 0.255 e. The molecule has 1 N–H and O–H groups in total. The topological polar surface area (TPSA) is 60.7 Å². The van der Waals surface area contributed by atoms with Crippen LogP contribution < -0.4 is 14.8 Å². The molecule has 1 amide bonds. The van der Waals surface area contributed by atoms with Gasteiger partial charge >= 0.3 is 0 Å². The number of amides is 1. The fourth-order valence-electron chi connectivity index (χ4n) is 1.89. The van der Waals surface area contributed by atoms with E-state index in [1.165, 1.54) is 7.11 Å². The van der Waals surface area contributed by atoms with Gasteiger partial charge in [-0.1, -0.05) is 0 Å². The summed E-state index contributed by atoms with van der Waals surface area (Å²) in [5, 5.41) is 2.88. The van der Waals surface area contributed by atoms with Crippen molar-refractivity contribution in [2.75, 3.05) is 26.5 Å². The predicted molar refractivity (Wildman–Crippen MR) is 86.7 cm³/mol. The average Bonchev–Trinajstić information content (AvgIpc) is 3.07. The number of methoxy groups -OCH3 is 2. The largest absolute Gasteiger partial charge is 0.497 e. The molecule has 0 aliphatic carbocycles. The van der Waals surface area contributed by atoms with Gasteiger partial charge in [0.25, 0.3) is 5.91 Å². The Morgan fingerprint density at radius 3 is 2.82 bits per heavy atom. The summed E-state index contributed by atoms with van der Waals surface area (Å²) in [6.07, 6.45) is 1.66. The van der Waals surface area contributed by atoms with Crippen LogP contribution in [0, 0.1) is 0 Å². The summed E-state index contributed by atoms with van der Waals surface area (Å²) in [4.78, 5) is 12.2. The second-order valence-electron chi connectivity index (χ2n) is 4.45. The van der Waals surface area contributed by atoms with E-state index in [-0.39, 0.29) is 5.91 Å². The third-order valence-corrected chi connectivity index (χ3v) is 3.99. The molecule has 2 aromatic rings. The van der Waals surface area contributed by atoms with Gasteiger partial charge in [-0.25, -0.2) is 0 Å². The van der Waals surface area contributed by atoms with Crippen molar-refractivity contribution < 1.29 is 18.7 Å². The maximum atomic E-state index is 12.2. The molecule has 0 spiro atoms. The lowest BCUT2D eigenvalue weighted by molar-refractivity contribution is 0.0953. The van der Waals surface area contributed by atoms with Gasteiger partial charge < -0.3 is 19.2 Å². The minimum Gasteiger partial charge on any atom is -0.497 e. The highest BCUT2D eigenvalue weighted by Gasteiger charge is 2.12. The molecule has 1 heterocycles. The standard InChI is InChI=1S/C16H19NO4S/c1-19-12-5-6-14(15(10-12)20-2)16(18)17-7-9-22-11-13-4-3-8-21-13/h3-6,8,10H,7,9,11H2,1-2H3,(H,17,18). The molecule has 0 fully saturated rings. The Morgan fingerprint density at radius 2 is 2.14 bits per heavy atom. The van der Waals surface area contributed by atoms with Gasteiger partial charge in [-0.05, 0) is 24.3 Å². The number of carbonyl (C=O) groups is 1. The molecule has 0 radical (unpaired) electrons. The van der Waals surface area contributed by atoms with Crippen molar-refractivity contribution in [1.29, 1.82) is 0 Å². The molecular formula is C16H19NO4S. The van der Waals surface area contributed by atoms with Gasteiger partial charge in [0.1, 0.15) is 17.3 Å². The monoisotopic (exact) mass is 321 g/mol. The summed E-state index contributed by atoms with van der Waals surface area (Å²) in [6, 6.07) is 8.94. The molecule has 0 atom stereocenters. The summed E-state index contributed by atoms with van der Waals surface area (Å²) in [6.45, 7) is 0.583. The number of hydrogen-bond acceptors (Lipinski definition) is 5. The van der Waals surface area contributed by atoms with Crippen LogP contribution in [0.1, 0.15) is 16.1 Å². The first kappa shape index (κ1) is 16.3. The third kappa shape index (κ3) is 4.46. The van der Waals surface area contributed by atoms with Crippen molar-refractivity contribution in [3.8, 4) is 11.5 Å². The van der Waals surface area contributed by atoms with Crippen LogP contribution in [0.15, 0.2) is 41.0 Å². The Labute approximate surface area is 134 Å². The summed E-state index contributed by atoms with van der Waals surface area (Å²) in [5.41, 5.74) is 0.499. The Bertz CT molecular complexity index is 598. The highest BCUT2D eigenvalue weighted by molar-refractivity contribution is 7.98. The van der Waals surface area contributed by atoms with E-state index in [0.29, 0.717) is 23.6 Å². The number of rotatable bonds is 8. The van der Waals surface area contributed by atoms with Crippen LogP contribution in [0.2, 0.25) is 0 Å². The molecule has 0 aliphatic heterocycles. The minimum absolute atomic E-state index is 0.155. The van der Waals surface area contributed by atoms with Crippen LogP contribution >= 0.6 is 11.8 Å². The maximum absolute atomic E-state index is 12.2. The maximum Gasteiger partial charge on any atom is 0.255 e. The number of hydrogen-bond donors (Lipinski definition) is 1. The number of ether oxygens (including phenoxy) is 2. The van der Waals surface area contributed by atoms with Crippen molar-refractivity contribution >= 4 is 17.7 Å². The molecular weight excluding hydrogens is 302 g/mol. The van der Waals surface area contributed by atoms with Crippen molar-refractivity contribution in [2.24, 2.45) is 0 Å². The molecule has 22 heavy (non-hydrogen) atoms. The number of carbonyl (C=O) groups excluding carboxylic acids is 1. The van der Waals surface area contributed by atoms with Gasteiger partial charge in [-0.15, -0.1) is 0 Å². The van der Waals surface area contributed by atoms with Gasteiger partial charge in [-0.2, -0.15) is 11.8 Å². The highest BCUT2D eigenvalue weighted by atomic mass is 32.2. The van der Waals surface area contributed by atoms with E-state index in [4.69, 9.17) is 13.9 Å². The lowest BCUT2D eigenvalue weighted by Crippen LogP contribution is -2.26. The Morgan fingerprint density at radius 1 is 1.27 bits per heavy atom. The molecule has 118 valence electrons. The van der Waals surface area contributed by atoms with Crippen molar-refractivity contribution in [3.05, 3.63) is 47.9 Å². The van der Waals surface area contributed by atoms with Crippen LogP contribution in [-0.4, -0.2) is 32.4 Å². The van der Waals surface area contributed by atoms with Crippen LogP contribution in [0.25, 0.3) is 0 Å². The lowest BCUT2D eigenvalue weighted by atomic mass is 10.2. The molecule has 0 bridgehead atoms. The fraction of sp³-hybridized carbons (Fsp3) is 0.312. The second kappa shape index (κ2) is 8.38. The van der Waals surface area contributed by atoms with E-state index in [9.17, 15) is 4.79 Å². The second-order valence-corrected chi connectivity index (χ2v) is 5.56. The number of nitrogens with one attached hydrogen (secondary N) is 1. The third-order valence-electron chi connectivity index (χ3n) is 3.01. The molecule has 0 unspecified atom stereocenters. The number of furan rings is 1.